The van der Waals surface area contributed by atoms with Gasteiger partial charge in [-0.25, -0.2) is 4.98 Å². The largest absolute Gasteiger partial charge is 0.375 e. The van der Waals surface area contributed by atoms with E-state index in [0.717, 1.165) is 16.6 Å². The quantitative estimate of drug-likeness (QED) is 0.860. The highest BCUT2D eigenvalue weighted by atomic mass is 32.1. The number of aromatic nitrogens is 1. The van der Waals surface area contributed by atoms with E-state index >= 15 is 0 Å². The molecule has 2 amide bonds. The molecule has 1 aliphatic rings. The molecule has 104 valence electrons. The first-order valence-electron chi connectivity index (χ1n) is 6.32. The van der Waals surface area contributed by atoms with Gasteiger partial charge in [-0.15, -0.1) is 0 Å². The first-order chi connectivity index (χ1) is 9.56. The van der Waals surface area contributed by atoms with E-state index in [-0.39, 0.29) is 5.91 Å². The number of thiazole rings is 1. The second-order valence-corrected chi connectivity index (χ2v) is 5.86. The van der Waals surface area contributed by atoms with E-state index in [0.29, 0.717) is 23.7 Å². The Morgan fingerprint density at radius 3 is 2.95 bits per heavy atom. The third-order valence-corrected chi connectivity index (χ3v) is 4.34. The molecule has 0 saturated carbocycles. The molecule has 0 bridgehead atoms. The summed E-state index contributed by atoms with van der Waals surface area (Å²) in [6.07, 6.45) is 1.44. The number of likely N-dealkylation sites (tertiary alicyclic amines) is 1. The molecule has 0 aliphatic carbocycles. The molecule has 7 heteroatoms. The fourth-order valence-electron chi connectivity index (χ4n) is 2.55. The summed E-state index contributed by atoms with van der Waals surface area (Å²) in [7, 11) is 0. The average Bonchev–Trinajstić information content (AvgIpc) is 3.01. The minimum atomic E-state index is -0.496. The van der Waals surface area contributed by atoms with Crippen LogP contribution in [0, 0.1) is 0 Å². The average molecular weight is 290 g/mol. The molecule has 2 aromatic rings. The number of nitrogens with two attached hydrogens (primary N) is 2. The Morgan fingerprint density at radius 2 is 2.20 bits per heavy atom. The number of hydrogen-bond acceptors (Lipinski definition) is 5. The van der Waals surface area contributed by atoms with Crippen molar-refractivity contribution in [1.29, 1.82) is 0 Å². The number of primary amides is 1. The molecule has 1 atom stereocenters. The number of carbonyl (C=O) groups is 2. The number of rotatable bonds is 2. The molecule has 1 unspecified atom stereocenters. The summed E-state index contributed by atoms with van der Waals surface area (Å²) in [6.45, 7) is 0.565. The predicted molar refractivity (Wildman–Crippen MR) is 77.3 cm³/mol. The Kier molecular flexibility index (Phi) is 3.06. The third kappa shape index (κ3) is 2.09. The Morgan fingerprint density at radius 1 is 1.40 bits per heavy atom. The van der Waals surface area contributed by atoms with Gasteiger partial charge in [0.25, 0.3) is 5.91 Å². The minimum absolute atomic E-state index is 0.167. The summed E-state index contributed by atoms with van der Waals surface area (Å²) >= 11 is 1.34. The first-order valence-corrected chi connectivity index (χ1v) is 7.14. The number of nitrogens with zero attached hydrogens (tertiary/aromatic N) is 2. The monoisotopic (exact) mass is 290 g/mol. The Bertz CT molecular complexity index is 697. The van der Waals surface area contributed by atoms with E-state index in [1.165, 1.54) is 11.3 Å². The maximum absolute atomic E-state index is 12.5. The molecule has 6 nitrogen and oxygen atoms in total. The Labute approximate surface area is 119 Å². The van der Waals surface area contributed by atoms with Crippen LogP contribution in [0.25, 0.3) is 10.2 Å². The maximum atomic E-state index is 12.5. The second kappa shape index (κ2) is 4.75. The molecule has 0 spiro atoms. The summed E-state index contributed by atoms with van der Waals surface area (Å²) in [5.74, 6) is -0.612. The van der Waals surface area contributed by atoms with Gasteiger partial charge < -0.3 is 16.4 Å². The number of hydrogen-bond donors (Lipinski definition) is 2. The number of carbonyl (C=O) groups excluding carboxylic acids is 2. The third-order valence-electron chi connectivity index (χ3n) is 3.49. The number of benzene rings is 1. The summed E-state index contributed by atoms with van der Waals surface area (Å²) in [5, 5.41) is 0.473. The molecule has 0 radical (unpaired) electrons. The lowest BCUT2D eigenvalue weighted by Gasteiger charge is -2.22. The van der Waals surface area contributed by atoms with E-state index in [1.54, 1.807) is 23.1 Å². The van der Waals surface area contributed by atoms with Gasteiger partial charge in [-0.1, -0.05) is 11.3 Å². The highest BCUT2D eigenvalue weighted by molar-refractivity contribution is 7.22. The fourth-order valence-corrected chi connectivity index (χ4v) is 3.32. The molecule has 3 rings (SSSR count). The maximum Gasteiger partial charge on any atom is 0.254 e. The van der Waals surface area contributed by atoms with Crippen LogP contribution in [0.2, 0.25) is 0 Å². The summed E-state index contributed by atoms with van der Waals surface area (Å²) < 4.78 is 0.864. The van der Waals surface area contributed by atoms with Crippen molar-refractivity contribution in [2.75, 3.05) is 12.3 Å². The van der Waals surface area contributed by atoms with Crippen molar-refractivity contribution in [3.05, 3.63) is 23.8 Å². The van der Waals surface area contributed by atoms with Crippen LogP contribution in [0.4, 0.5) is 5.13 Å². The molecule has 1 aromatic carbocycles. The SMILES string of the molecule is NC(=O)C1CCCN1C(=O)c1ccc2nc(N)sc2c1. The normalized spacial score (nSPS) is 18.6. The van der Waals surface area contributed by atoms with Crippen molar-refractivity contribution in [2.24, 2.45) is 5.73 Å². The number of amides is 2. The van der Waals surface area contributed by atoms with Crippen LogP contribution in [0.1, 0.15) is 23.2 Å². The molecule has 2 heterocycles. The zero-order valence-electron chi connectivity index (χ0n) is 10.7. The van der Waals surface area contributed by atoms with Crippen molar-refractivity contribution in [3.8, 4) is 0 Å². The number of nitrogen functional groups attached to an aromatic ring is 1. The van der Waals surface area contributed by atoms with Crippen LogP contribution in [-0.2, 0) is 4.79 Å². The van der Waals surface area contributed by atoms with Crippen LogP contribution < -0.4 is 11.5 Å². The van der Waals surface area contributed by atoms with Gasteiger partial charge in [-0.2, -0.15) is 0 Å². The van der Waals surface area contributed by atoms with Crippen LogP contribution in [0.3, 0.4) is 0 Å². The van der Waals surface area contributed by atoms with Gasteiger partial charge in [0.2, 0.25) is 5.91 Å². The van der Waals surface area contributed by atoms with Gasteiger partial charge in [-0.05, 0) is 31.0 Å². The summed E-state index contributed by atoms with van der Waals surface area (Å²) in [4.78, 5) is 29.6. The number of anilines is 1. The zero-order valence-corrected chi connectivity index (χ0v) is 11.5. The minimum Gasteiger partial charge on any atom is -0.375 e. The lowest BCUT2D eigenvalue weighted by atomic mass is 10.1. The molecular weight excluding hydrogens is 276 g/mol. The Hall–Kier alpha value is -2.15. The van der Waals surface area contributed by atoms with E-state index in [1.807, 2.05) is 0 Å². The summed E-state index contributed by atoms with van der Waals surface area (Å²) in [5.41, 5.74) is 12.3. The van der Waals surface area contributed by atoms with Crippen molar-refractivity contribution >= 4 is 38.5 Å². The van der Waals surface area contributed by atoms with E-state index in [4.69, 9.17) is 11.5 Å². The Balaban J connectivity index is 1.93. The van der Waals surface area contributed by atoms with E-state index in [2.05, 4.69) is 4.98 Å². The fraction of sp³-hybridized carbons (Fsp3) is 0.308. The van der Waals surface area contributed by atoms with Crippen LogP contribution in [0.5, 0.6) is 0 Å². The van der Waals surface area contributed by atoms with Crippen molar-refractivity contribution in [1.82, 2.24) is 9.88 Å². The van der Waals surface area contributed by atoms with Gasteiger partial charge in [0.1, 0.15) is 6.04 Å². The first kappa shape index (κ1) is 12.9. The second-order valence-electron chi connectivity index (χ2n) is 4.79. The van der Waals surface area contributed by atoms with Crippen LogP contribution >= 0.6 is 11.3 Å². The van der Waals surface area contributed by atoms with Crippen molar-refractivity contribution < 1.29 is 9.59 Å². The van der Waals surface area contributed by atoms with Crippen LogP contribution in [-0.4, -0.2) is 34.3 Å². The molecule has 1 saturated heterocycles. The zero-order chi connectivity index (χ0) is 14.3. The topological polar surface area (TPSA) is 102 Å². The van der Waals surface area contributed by atoms with Gasteiger partial charge in [-0.3, -0.25) is 9.59 Å². The van der Waals surface area contributed by atoms with Gasteiger partial charge >= 0.3 is 0 Å². The van der Waals surface area contributed by atoms with Crippen molar-refractivity contribution in [3.63, 3.8) is 0 Å². The van der Waals surface area contributed by atoms with Crippen LogP contribution in [0.15, 0.2) is 18.2 Å². The standard InChI is InChI=1S/C13H14N4O2S/c14-11(18)9-2-1-5-17(9)12(19)7-3-4-8-10(6-7)20-13(15)16-8/h3-4,6,9H,1-2,5H2,(H2,14,18)(H2,15,16). The molecule has 4 N–H and O–H groups in total. The van der Waals surface area contributed by atoms with Gasteiger partial charge in [0, 0.05) is 12.1 Å². The van der Waals surface area contributed by atoms with E-state index < -0.39 is 11.9 Å². The molecule has 20 heavy (non-hydrogen) atoms. The molecule has 1 fully saturated rings. The molecule has 1 aromatic heterocycles. The predicted octanol–water partition coefficient (Wildman–Crippen LogP) is 0.968. The number of fused-ring (bicyclic) bond motifs is 1. The van der Waals surface area contributed by atoms with Gasteiger partial charge in [0.15, 0.2) is 5.13 Å². The van der Waals surface area contributed by atoms with E-state index in [9.17, 15) is 9.59 Å². The van der Waals surface area contributed by atoms with Crippen molar-refractivity contribution in [2.45, 2.75) is 18.9 Å². The lowest BCUT2D eigenvalue weighted by molar-refractivity contribution is -0.121. The lowest BCUT2D eigenvalue weighted by Crippen LogP contribution is -2.43. The highest BCUT2D eigenvalue weighted by Gasteiger charge is 2.33. The molecule has 1 aliphatic heterocycles. The summed E-state index contributed by atoms with van der Waals surface area (Å²) in [6, 6.07) is 4.75. The van der Waals surface area contributed by atoms with Gasteiger partial charge in [0.05, 0.1) is 10.2 Å². The smallest absolute Gasteiger partial charge is 0.254 e. The molecular formula is C13H14N4O2S. The highest BCUT2D eigenvalue weighted by Crippen LogP contribution is 2.26.